The van der Waals surface area contributed by atoms with E-state index in [-0.39, 0.29) is 6.61 Å². The van der Waals surface area contributed by atoms with Gasteiger partial charge in [0.25, 0.3) is 0 Å². The van der Waals surface area contributed by atoms with Crippen LogP contribution in [0.15, 0.2) is 36.4 Å². The average Bonchev–Trinajstić information content (AvgIpc) is 2.45. The molecule has 2 heteroatoms. The lowest BCUT2D eigenvalue weighted by Crippen LogP contribution is -2.05. The second kappa shape index (κ2) is 4.46. The first-order valence-corrected chi connectivity index (χ1v) is 6.22. The second-order valence-electron chi connectivity index (χ2n) is 4.64. The summed E-state index contributed by atoms with van der Waals surface area (Å²) in [6.07, 6.45) is 2.10. The minimum atomic E-state index is 0.0259. The molecule has 0 saturated heterocycles. The number of rotatable bonds is 2. The molecule has 0 aromatic heterocycles. The number of hydrogen-bond donors (Lipinski definition) is 1. The summed E-state index contributed by atoms with van der Waals surface area (Å²) in [5, 5.41) is 9.37. The van der Waals surface area contributed by atoms with Crippen molar-refractivity contribution < 1.29 is 9.84 Å². The van der Waals surface area contributed by atoms with Gasteiger partial charge in [-0.15, -0.1) is 0 Å². The third-order valence-electron chi connectivity index (χ3n) is 3.65. The molecule has 0 atom stereocenters. The molecule has 1 aliphatic rings. The zero-order valence-corrected chi connectivity index (χ0v) is 10.4. The Balaban J connectivity index is 2.21. The van der Waals surface area contributed by atoms with Crippen molar-refractivity contribution in [2.45, 2.75) is 19.4 Å². The van der Waals surface area contributed by atoms with E-state index in [9.17, 15) is 5.11 Å². The van der Waals surface area contributed by atoms with Crippen molar-refractivity contribution in [3.05, 3.63) is 53.1 Å². The van der Waals surface area contributed by atoms with Crippen LogP contribution in [0.5, 0.6) is 5.75 Å². The maximum Gasteiger partial charge on any atom is 0.125 e. The van der Waals surface area contributed by atoms with Crippen LogP contribution in [0.3, 0.4) is 0 Å². The zero-order valence-electron chi connectivity index (χ0n) is 10.4. The number of hydrogen-bond acceptors (Lipinski definition) is 2. The summed E-state index contributed by atoms with van der Waals surface area (Å²) in [5.74, 6) is 0.771. The molecule has 0 heterocycles. The van der Waals surface area contributed by atoms with Gasteiger partial charge in [0.2, 0.25) is 0 Å². The molecule has 0 radical (unpaired) electrons. The predicted octanol–water partition coefficient (Wildman–Crippen LogP) is 2.95. The maximum atomic E-state index is 9.37. The summed E-state index contributed by atoms with van der Waals surface area (Å²) in [6.45, 7) is 0.0259. The number of ether oxygens (including phenoxy) is 1. The van der Waals surface area contributed by atoms with Gasteiger partial charge in [0.1, 0.15) is 5.75 Å². The van der Waals surface area contributed by atoms with E-state index in [1.165, 1.54) is 22.3 Å². The molecule has 2 nitrogen and oxygen atoms in total. The van der Waals surface area contributed by atoms with Crippen molar-refractivity contribution in [3.8, 4) is 16.9 Å². The minimum Gasteiger partial charge on any atom is -0.496 e. The molecule has 0 spiro atoms. The average molecular weight is 240 g/mol. The van der Waals surface area contributed by atoms with Crippen LogP contribution < -0.4 is 4.74 Å². The number of benzene rings is 2. The van der Waals surface area contributed by atoms with Crippen LogP contribution in [-0.2, 0) is 19.4 Å². The molecule has 3 rings (SSSR count). The summed E-state index contributed by atoms with van der Waals surface area (Å²) >= 11 is 0. The first kappa shape index (κ1) is 11.3. The molecule has 1 N–H and O–H groups in total. The normalized spacial score (nSPS) is 12.8. The highest BCUT2D eigenvalue weighted by Gasteiger charge is 2.18. The van der Waals surface area contributed by atoms with E-state index in [1.807, 2.05) is 0 Å². The van der Waals surface area contributed by atoms with Crippen LogP contribution >= 0.6 is 0 Å². The fourth-order valence-electron chi connectivity index (χ4n) is 2.72. The van der Waals surface area contributed by atoms with E-state index < -0.39 is 0 Å². The number of aryl methyl sites for hydroxylation is 2. The Morgan fingerprint density at radius 3 is 2.61 bits per heavy atom. The SMILES string of the molecule is COc1cc2c(cc1CO)CCc1ccccc1-2. The third kappa shape index (κ3) is 1.70. The Labute approximate surface area is 107 Å². The fourth-order valence-corrected chi connectivity index (χ4v) is 2.72. The molecule has 0 aliphatic heterocycles. The van der Waals surface area contributed by atoms with Crippen LogP contribution in [0.2, 0.25) is 0 Å². The predicted molar refractivity (Wildman–Crippen MR) is 71.8 cm³/mol. The zero-order chi connectivity index (χ0) is 12.5. The molecule has 0 bridgehead atoms. The van der Waals surface area contributed by atoms with Crippen molar-refractivity contribution in [1.82, 2.24) is 0 Å². The third-order valence-corrected chi connectivity index (χ3v) is 3.65. The van der Waals surface area contributed by atoms with E-state index in [0.717, 1.165) is 24.2 Å². The van der Waals surface area contributed by atoms with Gasteiger partial charge in [-0.25, -0.2) is 0 Å². The minimum absolute atomic E-state index is 0.0259. The van der Waals surface area contributed by atoms with Gasteiger partial charge >= 0.3 is 0 Å². The van der Waals surface area contributed by atoms with Crippen molar-refractivity contribution >= 4 is 0 Å². The van der Waals surface area contributed by atoms with E-state index in [2.05, 4.69) is 36.4 Å². The number of fused-ring (bicyclic) bond motifs is 3. The van der Waals surface area contributed by atoms with E-state index >= 15 is 0 Å². The topological polar surface area (TPSA) is 29.5 Å². The van der Waals surface area contributed by atoms with Crippen LogP contribution in [-0.4, -0.2) is 12.2 Å². The van der Waals surface area contributed by atoms with E-state index in [4.69, 9.17) is 4.74 Å². The van der Waals surface area contributed by atoms with Crippen molar-refractivity contribution in [1.29, 1.82) is 0 Å². The highest BCUT2D eigenvalue weighted by molar-refractivity contribution is 5.75. The lowest BCUT2D eigenvalue weighted by atomic mass is 9.84. The molecule has 0 amide bonds. The summed E-state index contributed by atoms with van der Waals surface area (Å²) < 4.78 is 5.36. The maximum absolute atomic E-state index is 9.37. The molecule has 18 heavy (non-hydrogen) atoms. The molecular formula is C16H16O2. The van der Waals surface area contributed by atoms with Crippen LogP contribution in [0.1, 0.15) is 16.7 Å². The molecule has 2 aromatic carbocycles. The highest BCUT2D eigenvalue weighted by atomic mass is 16.5. The van der Waals surface area contributed by atoms with Crippen LogP contribution in [0.25, 0.3) is 11.1 Å². The van der Waals surface area contributed by atoms with Gasteiger partial charge < -0.3 is 9.84 Å². The first-order chi connectivity index (χ1) is 8.83. The smallest absolute Gasteiger partial charge is 0.125 e. The van der Waals surface area contributed by atoms with Gasteiger partial charge in [0, 0.05) is 5.56 Å². The number of aliphatic hydroxyl groups excluding tert-OH is 1. The fraction of sp³-hybridized carbons (Fsp3) is 0.250. The van der Waals surface area contributed by atoms with Gasteiger partial charge in [-0.3, -0.25) is 0 Å². The standard InChI is InChI=1S/C16H16O2/c1-18-16-9-15-12(8-13(16)10-17)7-6-11-4-2-3-5-14(11)15/h2-5,8-9,17H,6-7,10H2,1H3. The monoisotopic (exact) mass is 240 g/mol. The summed E-state index contributed by atoms with van der Waals surface area (Å²) in [4.78, 5) is 0. The van der Waals surface area contributed by atoms with Crippen molar-refractivity contribution in [2.75, 3.05) is 7.11 Å². The lowest BCUT2D eigenvalue weighted by Gasteiger charge is -2.21. The Hall–Kier alpha value is -1.80. The van der Waals surface area contributed by atoms with Gasteiger partial charge in [-0.05, 0) is 47.2 Å². The van der Waals surface area contributed by atoms with Crippen LogP contribution in [0.4, 0.5) is 0 Å². The van der Waals surface area contributed by atoms with Crippen molar-refractivity contribution in [2.24, 2.45) is 0 Å². The Kier molecular flexibility index (Phi) is 2.80. The Bertz CT molecular complexity index is 588. The second-order valence-corrected chi connectivity index (χ2v) is 4.64. The largest absolute Gasteiger partial charge is 0.496 e. The van der Waals surface area contributed by atoms with E-state index in [1.54, 1.807) is 7.11 Å². The molecule has 92 valence electrons. The lowest BCUT2D eigenvalue weighted by molar-refractivity contribution is 0.273. The first-order valence-electron chi connectivity index (χ1n) is 6.22. The summed E-state index contributed by atoms with van der Waals surface area (Å²) in [7, 11) is 1.65. The Morgan fingerprint density at radius 2 is 1.83 bits per heavy atom. The van der Waals surface area contributed by atoms with E-state index in [0.29, 0.717) is 0 Å². The van der Waals surface area contributed by atoms with Crippen molar-refractivity contribution in [3.63, 3.8) is 0 Å². The molecule has 1 aliphatic carbocycles. The molecule has 0 unspecified atom stereocenters. The van der Waals surface area contributed by atoms with Crippen LogP contribution in [0, 0.1) is 0 Å². The quantitative estimate of drug-likeness (QED) is 0.874. The number of aliphatic hydroxyl groups is 1. The van der Waals surface area contributed by atoms with Gasteiger partial charge in [-0.2, -0.15) is 0 Å². The highest BCUT2D eigenvalue weighted by Crippen LogP contribution is 2.37. The number of methoxy groups -OCH3 is 1. The molecule has 0 fully saturated rings. The van der Waals surface area contributed by atoms with Gasteiger partial charge in [0.05, 0.1) is 13.7 Å². The van der Waals surface area contributed by atoms with Gasteiger partial charge in [0.15, 0.2) is 0 Å². The molecular weight excluding hydrogens is 224 g/mol. The Morgan fingerprint density at radius 1 is 1.06 bits per heavy atom. The molecule has 2 aromatic rings. The summed E-state index contributed by atoms with van der Waals surface area (Å²) in [5.41, 5.74) is 6.10. The summed E-state index contributed by atoms with van der Waals surface area (Å²) in [6, 6.07) is 12.6. The molecule has 0 saturated carbocycles. The van der Waals surface area contributed by atoms with Gasteiger partial charge in [-0.1, -0.05) is 24.3 Å².